The molecule has 2 aliphatic rings. The highest BCUT2D eigenvalue weighted by atomic mass is 32.2. The Balaban J connectivity index is 1.39. The van der Waals surface area contributed by atoms with E-state index in [-0.39, 0.29) is 16.9 Å². The van der Waals surface area contributed by atoms with Gasteiger partial charge in [-0.05, 0) is 68.5 Å². The molecule has 3 aromatic rings. The van der Waals surface area contributed by atoms with Crippen LogP contribution in [0.3, 0.4) is 0 Å². The standard InChI is InChI=1S/C23H21F4N5OS/c1-14(33)22-9-15-11-29-32(18-5-3-17(24)4-6-18)20(15)8-16(22)2-7-19(10-22)34-21-12-28-31(30-21)13-23(25,26)27/h3-6,8,11-12,19H,2,7,9-10,13H2,1H3/t19-,22+/m0/s1. The number of hydrogen-bond donors (Lipinski definition) is 0. The number of allylic oxidation sites excluding steroid dienone is 1. The lowest BCUT2D eigenvalue weighted by atomic mass is 9.62. The van der Waals surface area contributed by atoms with Crippen molar-refractivity contribution in [1.82, 2.24) is 24.8 Å². The van der Waals surface area contributed by atoms with E-state index in [2.05, 4.69) is 15.3 Å². The molecule has 1 aromatic carbocycles. The molecular weight excluding hydrogens is 470 g/mol. The highest BCUT2D eigenvalue weighted by Crippen LogP contribution is 2.51. The Morgan fingerprint density at radius 3 is 2.68 bits per heavy atom. The van der Waals surface area contributed by atoms with Crippen LogP contribution in [0.1, 0.15) is 37.4 Å². The summed E-state index contributed by atoms with van der Waals surface area (Å²) >= 11 is 1.37. The Kier molecular flexibility index (Phi) is 5.62. The van der Waals surface area contributed by atoms with Gasteiger partial charge in [0.1, 0.15) is 16.6 Å². The van der Waals surface area contributed by atoms with Gasteiger partial charge in [0, 0.05) is 5.25 Å². The van der Waals surface area contributed by atoms with Gasteiger partial charge >= 0.3 is 6.18 Å². The third-order valence-corrected chi connectivity index (χ3v) is 7.65. The summed E-state index contributed by atoms with van der Waals surface area (Å²) in [5, 5.41) is 12.6. The predicted molar refractivity (Wildman–Crippen MR) is 118 cm³/mol. The van der Waals surface area contributed by atoms with Gasteiger partial charge in [-0.3, -0.25) is 4.79 Å². The van der Waals surface area contributed by atoms with Crippen LogP contribution < -0.4 is 0 Å². The number of aromatic nitrogens is 5. The molecule has 0 spiro atoms. The van der Waals surface area contributed by atoms with Crippen molar-refractivity contribution in [2.24, 2.45) is 5.41 Å². The molecule has 2 aliphatic carbocycles. The van der Waals surface area contributed by atoms with Gasteiger partial charge in [-0.25, -0.2) is 9.07 Å². The van der Waals surface area contributed by atoms with Gasteiger partial charge in [0.2, 0.25) is 0 Å². The second kappa shape index (κ2) is 8.37. The van der Waals surface area contributed by atoms with Crippen molar-refractivity contribution in [2.45, 2.75) is 55.6 Å². The summed E-state index contributed by atoms with van der Waals surface area (Å²) in [5.41, 5.74) is 2.92. The molecule has 2 atom stereocenters. The molecule has 6 nitrogen and oxygen atoms in total. The van der Waals surface area contributed by atoms with E-state index in [0.717, 1.165) is 28.9 Å². The summed E-state index contributed by atoms with van der Waals surface area (Å²) in [6.45, 7) is 0.360. The molecule has 2 heterocycles. The Bertz CT molecular complexity index is 1260. The number of thioether (sulfide) groups is 1. The van der Waals surface area contributed by atoms with Crippen molar-refractivity contribution in [1.29, 1.82) is 0 Å². The van der Waals surface area contributed by atoms with Gasteiger partial charge in [-0.2, -0.15) is 28.2 Å². The van der Waals surface area contributed by atoms with Crippen LogP contribution in [0.25, 0.3) is 11.8 Å². The van der Waals surface area contributed by atoms with Gasteiger partial charge in [0.05, 0.1) is 29.2 Å². The Labute approximate surface area is 197 Å². The van der Waals surface area contributed by atoms with Crippen molar-refractivity contribution in [3.8, 4) is 5.69 Å². The van der Waals surface area contributed by atoms with Crippen LogP contribution in [0.15, 0.2) is 47.3 Å². The number of rotatable bonds is 5. The minimum absolute atomic E-state index is 0.0192. The van der Waals surface area contributed by atoms with Crippen molar-refractivity contribution in [2.75, 3.05) is 0 Å². The lowest BCUT2D eigenvalue weighted by molar-refractivity contribution is -0.145. The Hall–Kier alpha value is -2.95. The maximum atomic E-state index is 13.4. The van der Waals surface area contributed by atoms with Crippen LogP contribution in [-0.4, -0.2) is 42.0 Å². The first kappa shape index (κ1) is 22.8. The Morgan fingerprint density at radius 2 is 1.97 bits per heavy atom. The number of alkyl halides is 3. The largest absolute Gasteiger partial charge is 0.409 e. The summed E-state index contributed by atoms with van der Waals surface area (Å²) in [5.74, 6) is -0.266. The Morgan fingerprint density at radius 1 is 1.21 bits per heavy atom. The van der Waals surface area contributed by atoms with E-state index >= 15 is 0 Å². The third kappa shape index (κ3) is 4.28. The van der Waals surface area contributed by atoms with Crippen LogP contribution in [-0.2, 0) is 17.8 Å². The number of Topliss-reactive ketones (excluding diaryl/α,β-unsaturated/α-hetero) is 1. The second-order valence-electron chi connectivity index (χ2n) is 8.74. The average Bonchev–Trinajstić information content (AvgIpc) is 3.37. The van der Waals surface area contributed by atoms with Crippen LogP contribution in [0.5, 0.6) is 0 Å². The highest BCUT2D eigenvalue weighted by molar-refractivity contribution is 7.99. The molecule has 1 saturated carbocycles. The molecule has 0 amide bonds. The molecule has 0 unspecified atom stereocenters. The van der Waals surface area contributed by atoms with Gasteiger partial charge in [-0.1, -0.05) is 17.3 Å². The molecule has 0 aliphatic heterocycles. The van der Waals surface area contributed by atoms with Gasteiger partial charge in [-0.15, -0.1) is 5.10 Å². The molecular formula is C23H21F4N5OS. The van der Waals surface area contributed by atoms with E-state index in [1.54, 1.807) is 29.9 Å². The van der Waals surface area contributed by atoms with E-state index in [9.17, 15) is 22.4 Å². The average molecular weight is 492 g/mol. The SMILES string of the molecule is CC(=O)[C@]12Cc3cnn(-c4ccc(F)cc4)c3C=C1CC[C@H](Sc1cnn(CC(F)(F)F)n1)C2. The fraction of sp³-hybridized carbons (Fsp3) is 0.391. The first-order valence-corrected chi connectivity index (χ1v) is 11.7. The quantitative estimate of drug-likeness (QED) is 0.469. The molecule has 178 valence electrons. The lowest BCUT2D eigenvalue weighted by Gasteiger charge is -2.43. The lowest BCUT2D eigenvalue weighted by Crippen LogP contribution is -2.41. The van der Waals surface area contributed by atoms with E-state index in [4.69, 9.17) is 0 Å². The predicted octanol–water partition coefficient (Wildman–Crippen LogP) is 5.02. The molecule has 0 saturated heterocycles. The second-order valence-corrected chi connectivity index (χ2v) is 10.1. The summed E-state index contributed by atoms with van der Waals surface area (Å²) in [4.78, 5) is 13.6. The van der Waals surface area contributed by atoms with E-state index in [1.165, 1.54) is 30.1 Å². The molecule has 0 bridgehead atoms. The first-order chi connectivity index (χ1) is 16.1. The van der Waals surface area contributed by atoms with Gasteiger partial charge in [0.25, 0.3) is 0 Å². The van der Waals surface area contributed by atoms with Crippen LogP contribution in [0.4, 0.5) is 17.6 Å². The molecule has 11 heteroatoms. The third-order valence-electron chi connectivity index (χ3n) is 6.48. The smallest absolute Gasteiger partial charge is 0.299 e. The minimum Gasteiger partial charge on any atom is -0.299 e. The topological polar surface area (TPSA) is 65.6 Å². The number of carbonyl (C=O) groups excluding carboxylic acids is 1. The molecule has 5 rings (SSSR count). The van der Waals surface area contributed by atoms with Crippen LogP contribution in [0.2, 0.25) is 0 Å². The minimum atomic E-state index is -4.39. The van der Waals surface area contributed by atoms with Crippen molar-refractivity contribution >= 4 is 23.6 Å². The zero-order valence-corrected chi connectivity index (χ0v) is 19.0. The molecule has 0 radical (unpaired) electrons. The normalized spacial score (nSPS) is 22.1. The van der Waals surface area contributed by atoms with E-state index < -0.39 is 18.1 Å². The molecule has 34 heavy (non-hydrogen) atoms. The first-order valence-electron chi connectivity index (χ1n) is 10.8. The van der Waals surface area contributed by atoms with E-state index in [0.29, 0.717) is 29.1 Å². The number of hydrogen-bond acceptors (Lipinski definition) is 5. The summed E-state index contributed by atoms with van der Waals surface area (Å²) in [6, 6.07) is 6.08. The van der Waals surface area contributed by atoms with Gasteiger partial charge in [0.15, 0.2) is 6.54 Å². The van der Waals surface area contributed by atoms with Crippen molar-refractivity contribution < 1.29 is 22.4 Å². The number of halogens is 4. The number of fused-ring (bicyclic) bond motifs is 2. The van der Waals surface area contributed by atoms with E-state index in [1.807, 2.05) is 6.08 Å². The highest BCUT2D eigenvalue weighted by Gasteiger charge is 2.47. The fourth-order valence-corrected chi connectivity index (χ4v) is 6.07. The number of nitrogens with zero attached hydrogens (tertiary/aromatic N) is 5. The maximum Gasteiger partial charge on any atom is 0.409 e. The molecule has 2 aromatic heterocycles. The monoisotopic (exact) mass is 491 g/mol. The number of benzene rings is 1. The van der Waals surface area contributed by atoms with Crippen LogP contribution in [0, 0.1) is 11.2 Å². The molecule has 0 N–H and O–H groups in total. The number of ketones is 1. The summed E-state index contributed by atoms with van der Waals surface area (Å²) in [7, 11) is 0. The fourth-order valence-electron chi connectivity index (χ4n) is 4.87. The zero-order valence-electron chi connectivity index (χ0n) is 18.2. The summed E-state index contributed by atoms with van der Waals surface area (Å²) in [6.07, 6.45) is 3.23. The van der Waals surface area contributed by atoms with Crippen molar-refractivity contribution in [3.05, 3.63) is 59.3 Å². The maximum absolute atomic E-state index is 13.4. The zero-order chi connectivity index (χ0) is 24.1. The number of carbonyl (C=O) groups is 1. The molecule has 1 fully saturated rings. The van der Waals surface area contributed by atoms with Gasteiger partial charge < -0.3 is 0 Å². The van der Waals surface area contributed by atoms with Crippen LogP contribution >= 0.6 is 11.8 Å². The van der Waals surface area contributed by atoms with Crippen molar-refractivity contribution in [3.63, 3.8) is 0 Å². The summed E-state index contributed by atoms with van der Waals surface area (Å²) < 4.78 is 52.9.